The molecule has 0 saturated carbocycles. The van der Waals surface area contributed by atoms with Crippen LogP contribution in [0.4, 0.5) is 0 Å². The number of sulfone groups is 1. The van der Waals surface area contributed by atoms with Crippen LogP contribution in [0, 0.1) is 0 Å². The van der Waals surface area contributed by atoms with Gasteiger partial charge in [-0.2, -0.15) is 0 Å². The number of nitrogens with zero attached hydrogens (tertiary/aromatic N) is 2. The maximum atomic E-state index is 11.8. The third-order valence-electron chi connectivity index (χ3n) is 4.32. The molecule has 3 rings (SSSR count). The van der Waals surface area contributed by atoms with Crippen LogP contribution in [0.5, 0.6) is 5.75 Å². The standard InChI is InChI=1S/C17H22N2O3S2/c1-3-9-19-16-12-24(20,21)11-15(16)18-17(19)23-10-8-13-4-6-14(22-2)7-5-13/h3-7,15-16H,1,8-12H2,2H3/t15-,16-/m1/s1. The normalized spacial score (nSPS) is 24.5. The van der Waals surface area contributed by atoms with Crippen LogP contribution in [0.1, 0.15) is 5.56 Å². The first-order chi connectivity index (χ1) is 11.5. The predicted molar refractivity (Wildman–Crippen MR) is 99.7 cm³/mol. The highest BCUT2D eigenvalue weighted by atomic mass is 32.2. The van der Waals surface area contributed by atoms with E-state index in [1.807, 2.05) is 18.2 Å². The number of hydrogen-bond acceptors (Lipinski definition) is 6. The van der Waals surface area contributed by atoms with Gasteiger partial charge in [0.25, 0.3) is 0 Å². The van der Waals surface area contributed by atoms with Crippen LogP contribution >= 0.6 is 11.8 Å². The smallest absolute Gasteiger partial charge is 0.160 e. The molecule has 0 unspecified atom stereocenters. The highest BCUT2D eigenvalue weighted by molar-refractivity contribution is 8.13. The zero-order valence-corrected chi connectivity index (χ0v) is 15.4. The van der Waals surface area contributed by atoms with Gasteiger partial charge in [-0.25, -0.2) is 8.42 Å². The molecule has 0 amide bonds. The lowest BCUT2D eigenvalue weighted by Crippen LogP contribution is -2.39. The molecule has 0 radical (unpaired) electrons. The molecule has 0 spiro atoms. The lowest BCUT2D eigenvalue weighted by Gasteiger charge is -2.24. The fraction of sp³-hybridized carbons (Fsp3) is 0.471. The molecule has 1 aromatic rings. The van der Waals surface area contributed by atoms with Crippen LogP contribution in [0.15, 0.2) is 41.9 Å². The van der Waals surface area contributed by atoms with Crippen molar-refractivity contribution in [3.05, 3.63) is 42.5 Å². The molecule has 1 fully saturated rings. The van der Waals surface area contributed by atoms with Crippen molar-refractivity contribution in [2.24, 2.45) is 4.99 Å². The highest BCUT2D eigenvalue weighted by Gasteiger charge is 2.45. The Balaban J connectivity index is 1.60. The second-order valence-corrected chi connectivity index (χ2v) is 9.23. The number of hydrogen-bond donors (Lipinski definition) is 0. The largest absolute Gasteiger partial charge is 0.497 e. The first kappa shape index (κ1) is 17.4. The number of aryl methyl sites for hydroxylation is 1. The number of ether oxygens (including phenoxy) is 1. The second-order valence-electron chi connectivity index (χ2n) is 6.01. The molecule has 0 N–H and O–H groups in total. The van der Waals surface area contributed by atoms with Crippen molar-refractivity contribution in [3.8, 4) is 5.75 Å². The monoisotopic (exact) mass is 366 g/mol. The molecule has 2 aliphatic rings. The molecule has 7 heteroatoms. The van der Waals surface area contributed by atoms with Gasteiger partial charge in [0.2, 0.25) is 0 Å². The van der Waals surface area contributed by atoms with Gasteiger partial charge in [0.15, 0.2) is 15.0 Å². The Hall–Kier alpha value is -1.47. The van der Waals surface area contributed by atoms with E-state index in [-0.39, 0.29) is 23.6 Å². The Bertz CT molecular complexity index is 729. The molecule has 2 aliphatic heterocycles. The summed E-state index contributed by atoms with van der Waals surface area (Å²) in [7, 11) is -1.29. The number of benzene rings is 1. The van der Waals surface area contributed by atoms with Crippen molar-refractivity contribution < 1.29 is 13.2 Å². The Labute approximate surface area is 147 Å². The van der Waals surface area contributed by atoms with Crippen LogP contribution in [0.3, 0.4) is 0 Å². The van der Waals surface area contributed by atoms with Gasteiger partial charge in [-0.3, -0.25) is 4.99 Å². The van der Waals surface area contributed by atoms with Gasteiger partial charge in [-0.1, -0.05) is 30.0 Å². The van der Waals surface area contributed by atoms with Crippen LogP contribution in [-0.4, -0.2) is 61.5 Å². The molecule has 1 aromatic carbocycles. The van der Waals surface area contributed by atoms with Gasteiger partial charge in [0.1, 0.15) is 5.75 Å². The second kappa shape index (κ2) is 7.19. The van der Waals surface area contributed by atoms with Gasteiger partial charge in [0, 0.05) is 12.3 Å². The van der Waals surface area contributed by atoms with E-state index in [1.165, 1.54) is 5.56 Å². The van der Waals surface area contributed by atoms with E-state index >= 15 is 0 Å². The molecule has 24 heavy (non-hydrogen) atoms. The highest BCUT2D eigenvalue weighted by Crippen LogP contribution is 2.31. The summed E-state index contributed by atoms with van der Waals surface area (Å²) in [6.45, 7) is 4.43. The summed E-state index contributed by atoms with van der Waals surface area (Å²) in [5, 5.41) is 0.952. The van der Waals surface area contributed by atoms with Gasteiger partial charge in [-0.15, -0.1) is 6.58 Å². The number of aliphatic imine (C=N–C) groups is 1. The molecule has 0 aromatic heterocycles. The summed E-state index contributed by atoms with van der Waals surface area (Å²) in [6, 6.07) is 7.94. The predicted octanol–water partition coefficient (Wildman–Crippen LogP) is 1.99. The molecular formula is C17H22N2O3S2. The third-order valence-corrected chi connectivity index (χ3v) is 7.03. The summed E-state index contributed by atoms with van der Waals surface area (Å²) in [4.78, 5) is 6.76. The number of fused-ring (bicyclic) bond motifs is 1. The van der Waals surface area contributed by atoms with Gasteiger partial charge in [-0.05, 0) is 24.1 Å². The third kappa shape index (κ3) is 3.78. The molecular weight excluding hydrogens is 344 g/mol. The lowest BCUT2D eigenvalue weighted by atomic mass is 10.2. The molecule has 5 nitrogen and oxygen atoms in total. The van der Waals surface area contributed by atoms with Crippen molar-refractivity contribution in [3.63, 3.8) is 0 Å². The van der Waals surface area contributed by atoms with Crippen molar-refractivity contribution in [2.75, 3.05) is 30.9 Å². The van der Waals surface area contributed by atoms with Gasteiger partial charge in [0.05, 0.1) is 30.7 Å². The van der Waals surface area contributed by atoms with E-state index in [0.29, 0.717) is 6.54 Å². The van der Waals surface area contributed by atoms with Crippen molar-refractivity contribution in [1.82, 2.24) is 4.90 Å². The quantitative estimate of drug-likeness (QED) is 0.721. The number of rotatable bonds is 6. The summed E-state index contributed by atoms with van der Waals surface area (Å²) < 4.78 is 28.8. The van der Waals surface area contributed by atoms with Gasteiger partial charge >= 0.3 is 0 Å². The Morgan fingerprint density at radius 3 is 2.79 bits per heavy atom. The van der Waals surface area contributed by atoms with Crippen molar-refractivity contribution in [2.45, 2.75) is 18.5 Å². The molecule has 1 saturated heterocycles. The summed E-state index contributed by atoms with van der Waals surface area (Å²) in [5.74, 6) is 2.15. The Kier molecular flexibility index (Phi) is 5.20. The van der Waals surface area contributed by atoms with Crippen LogP contribution < -0.4 is 4.74 Å². The minimum atomic E-state index is -2.95. The van der Waals surface area contributed by atoms with E-state index in [9.17, 15) is 8.42 Å². The minimum Gasteiger partial charge on any atom is -0.497 e. The zero-order valence-electron chi connectivity index (χ0n) is 13.7. The van der Waals surface area contributed by atoms with Crippen LogP contribution in [0.2, 0.25) is 0 Å². The fourth-order valence-corrected chi connectivity index (χ4v) is 6.10. The molecule has 0 bridgehead atoms. The van der Waals surface area contributed by atoms with Crippen LogP contribution in [0.25, 0.3) is 0 Å². The average molecular weight is 367 g/mol. The molecule has 2 atom stereocenters. The Morgan fingerprint density at radius 2 is 2.12 bits per heavy atom. The lowest BCUT2D eigenvalue weighted by molar-refractivity contribution is 0.379. The first-order valence-corrected chi connectivity index (χ1v) is 10.7. The topological polar surface area (TPSA) is 59.0 Å². The van der Waals surface area contributed by atoms with Gasteiger partial charge < -0.3 is 9.64 Å². The Morgan fingerprint density at radius 1 is 1.38 bits per heavy atom. The van der Waals surface area contributed by atoms with E-state index in [0.717, 1.165) is 23.1 Å². The van der Waals surface area contributed by atoms with E-state index in [2.05, 4.69) is 28.6 Å². The van der Waals surface area contributed by atoms with Crippen LogP contribution in [-0.2, 0) is 16.3 Å². The maximum Gasteiger partial charge on any atom is 0.160 e. The molecule has 130 valence electrons. The SMILES string of the molecule is C=CCN1C(SCCc2ccc(OC)cc2)=N[C@@H]2CS(=O)(=O)C[C@H]21. The van der Waals surface area contributed by atoms with Crippen molar-refractivity contribution in [1.29, 1.82) is 0 Å². The minimum absolute atomic E-state index is 0.0171. The number of thioether (sulfide) groups is 1. The molecule has 0 aliphatic carbocycles. The van der Waals surface area contributed by atoms with E-state index in [4.69, 9.17) is 4.74 Å². The fourth-order valence-electron chi connectivity index (χ4n) is 3.11. The summed E-state index contributed by atoms with van der Waals surface area (Å²) in [5.41, 5.74) is 1.25. The average Bonchev–Trinajstić information content (AvgIpc) is 3.01. The van der Waals surface area contributed by atoms with E-state index in [1.54, 1.807) is 18.9 Å². The molecule has 2 heterocycles. The first-order valence-electron chi connectivity index (χ1n) is 7.94. The summed E-state index contributed by atoms with van der Waals surface area (Å²) in [6.07, 6.45) is 2.75. The van der Waals surface area contributed by atoms with Crippen molar-refractivity contribution >= 4 is 26.8 Å². The zero-order chi connectivity index (χ0) is 17.2. The maximum absolute atomic E-state index is 11.8. The summed E-state index contributed by atoms with van der Waals surface area (Å²) >= 11 is 1.70. The number of methoxy groups -OCH3 is 1. The van der Waals surface area contributed by atoms with E-state index < -0.39 is 9.84 Å². The number of amidine groups is 1.